The number of nitrogens with one attached hydrogen (secondary N) is 2. The van der Waals surface area contributed by atoms with Crippen molar-refractivity contribution in [3.05, 3.63) is 62.6 Å². The van der Waals surface area contributed by atoms with Crippen LogP contribution in [0.1, 0.15) is 60.0 Å². The summed E-state index contributed by atoms with van der Waals surface area (Å²) < 4.78 is 30.9. The van der Waals surface area contributed by atoms with Crippen molar-refractivity contribution in [2.24, 2.45) is 17.6 Å². The van der Waals surface area contributed by atoms with Crippen molar-refractivity contribution >= 4 is 23.3 Å². The molecule has 1 aliphatic heterocycles. The van der Waals surface area contributed by atoms with Gasteiger partial charge in [-0.05, 0) is 50.0 Å². The molecule has 6 N–H and O–H groups in total. The van der Waals surface area contributed by atoms with Crippen LogP contribution in [0.25, 0.3) is 0 Å². The van der Waals surface area contributed by atoms with Gasteiger partial charge in [-0.25, -0.2) is 8.78 Å². The fourth-order valence-corrected chi connectivity index (χ4v) is 6.18. The van der Waals surface area contributed by atoms with Gasteiger partial charge in [0.2, 0.25) is 0 Å². The molecule has 1 unspecified atom stereocenters. The van der Waals surface area contributed by atoms with Crippen LogP contribution in [0.3, 0.4) is 0 Å². The number of hydrogen-bond acceptors (Lipinski definition) is 7. The molecule has 1 amide bonds. The Kier molecular flexibility index (Phi) is 8.92. The Morgan fingerprint density at radius 3 is 2.42 bits per heavy atom. The summed E-state index contributed by atoms with van der Waals surface area (Å²) in [6.45, 7) is 3.42. The summed E-state index contributed by atoms with van der Waals surface area (Å²) in [7, 11) is 3.75. The smallest absolute Gasteiger partial charge is 0.252 e. The van der Waals surface area contributed by atoms with Gasteiger partial charge < -0.3 is 31.3 Å². The highest BCUT2D eigenvalue weighted by atomic mass is 35.5. The number of alkyl halides is 2. The SMILES string of the molecule is C1CCC1.C=C1C(C(N)=O)=C(O)C[C@@H]2CC3Cc4c(Cl)c(CNCC(F)F)cc(O)c4C(=O)C3=C3O[C@]132.CNC. The summed E-state index contributed by atoms with van der Waals surface area (Å²) >= 11 is 6.54. The zero-order valence-electron chi connectivity index (χ0n) is 22.7. The summed E-state index contributed by atoms with van der Waals surface area (Å²) in [6, 6.07) is 1.31. The van der Waals surface area contributed by atoms with E-state index in [-0.39, 0.29) is 58.0 Å². The molecule has 1 spiro atoms. The minimum atomic E-state index is -2.53. The van der Waals surface area contributed by atoms with Gasteiger partial charge in [0.15, 0.2) is 17.1 Å². The van der Waals surface area contributed by atoms with Crippen LogP contribution in [-0.4, -0.2) is 54.6 Å². The van der Waals surface area contributed by atoms with Gasteiger partial charge in [-0.3, -0.25) is 9.59 Å². The van der Waals surface area contributed by atoms with Crippen molar-refractivity contribution in [3.63, 3.8) is 0 Å². The third-order valence-corrected chi connectivity index (χ3v) is 8.50. The third-order valence-electron chi connectivity index (χ3n) is 8.03. The number of fused-ring (bicyclic) bond motifs is 2. The number of aliphatic hydroxyl groups is 1. The van der Waals surface area contributed by atoms with E-state index in [2.05, 4.69) is 17.2 Å². The Morgan fingerprint density at radius 1 is 1.25 bits per heavy atom. The maximum Gasteiger partial charge on any atom is 0.252 e. The number of ketones is 1. The largest absolute Gasteiger partial charge is 0.511 e. The van der Waals surface area contributed by atoms with Crippen LogP contribution in [-0.2, 0) is 22.5 Å². The van der Waals surface area contributed by atoms with E-state index in [1.54, 1.807) is 0 Å². The summed E-state index contributed by atoms with van der Waals surface area (Å²) in [5, 5.41) is 26.6. The maximum atomic E-state index is 13.5. The van der Waals surface area contributed by atoms with E-state index in [9.17, 15) is 28.6 Å². The molecule has 0 aromatic heterocycles. The number of phenolic OH excluding ortho intramolecular Hbond substituents is 1. The topological polar surface area (TPSA) is 137 Å². The second kappa shape index (κ2) is 11.9. The number of carbonyl (C=O) groups is 2. The number of ether oxygens (including phenoxy) is 1. The van der Waals surface area contributed by atoms with Gasteiger partial charge in [-0.2, -0.15) is 0 Å². The Bertz CT molecular complexity index is 1290. The number of amides is 1. The van der Waals surface area contributed by atoms with Gasteiger partial charge in [0.1, 0.15) is 11.5 Å². The standard InChI is InChI=1S/C23H21ClF2N2O5.C4H8.C2H7N/c1-8-16(22(27)32)14(30)5-11-2-9-3-12-18(20(31)17(9)21-23(8,11)33-21)13(29)4-10(19(12)24)6-28-7-15(25)26;1-2-4-3-1;1-3-2/h4,9,11,15,28-30H,1-3,5-7H2,(H2,27,32);1-4H2;3H,1-2H3/t9?,11-,23-;;/m0../s1. The number of hydrogen-bond donors (Lipinski definition) is 5. The minimum Gasteiger partial charge on any atom is -0.511 e. The number of rotatable bonds is 5. The molecule has 1 heterocycles. The van der Waals surface area contributed by atoms with E-state index in [0.717, 1.165) is 0 Å². The van der Waals surface area contributed by atoms with Crippen LogP contribution in [0.15, 0.2) is 40.9 Å². The number of halogens is 3. The lowest BCUT2D eigenvalue weighted by Gasteiger charge is -2.37. The third kappa shape index (κ3) is 5.24. The van der Waals surface area contributed by atoms with Crippen molar-refractivity contribution in [2.75, 3.05) is 20.6 Å². The second-order valence-corrected chi connectivity index (χ2v) is 11.1. The molecule has 0 bridgehead atoms. The predicted molar refractivity (Wildman–Crippen MR) is 147 cm³/mol. The van der Waals surface area contributed by atoms with Crippen LogP contribution in [0.5, 0.6) is 5.75 Å². The number of nitrogens with two attached hydrogens (primary N) is 1. The lowest BCUT2D eigenvalue weighted by atomic mass is 9.62. The molecule has 1 saturated carbocycles. The van der Waals surface area contributed by atoms with Crippen LogP contribution >= 0.6 is 11.6 Å². The van der Waals surface area contributed by atoms with Crippen LogP contribution in [0, 0.1) is 11.8 Å². The van der Waals surface area contributed by atoms with E-state index < -0.39 is 30.3 Å². The normalized spacial score (nSPS) is 25.6. The Morgan fingerprint density at radius 2 is 1.88 bits per heavy atom. The number of allylic oxidation sites excluding steroid dienone is 2. The summed E-state index contributed by atoms with van der Waals surface area (Å²) in [6.07, 6.45) is 4.43. The molecular weight excluding hydrogens is 544 g/mol. The molecule has 1 saturated heterocycles. The van der Waals surface area contributed by atoms with E-state index in [0.29, 0.717) is 35.3 Å². The highest BCUT2D eigenvalue weighted by Crippen LogP contribution is 2.65. The molecule has 6 rings (SSSR count). The Balaban J connectivity index is 0.000000469. The second-order valence-electron chi connectivity index (χ2n) is 10.8. The lowest BCUT2D eigenvalue weighted by Crippen LogP contribution is -2.41. The van der Waals surface area contributed by atoms with Crippen molar-refractivity contribution in [1.82, 2.24) is 10.6 Å². The molecule has 40 heavy (non-hydrogen) atoms. The number of carbonyl (C=O) groups excluding carboxylic acids is 2. The summed E-state index contributed by atoms with van der Waals surface area (Å²) in [4.78, 5) is 25.3. The molecule has 8 nitrogen and oxygen atoms in total. The molecular formula is C29H36ClF2N3O5. The number of epoxide rings is 1. The molecule has 3 atom stereocenters. The van der Waals surface area contributed by atoms with E-state index >= 15 is 0 Å². The highest BCUT2D eigenvalue weighted by Gasteiger charge is 2.69. The van der Waals surface area contributed by atoms with Gasteiger partial charge in [-0.15, -0.1) is 0 Å². The van der Waals surface area contributed by atoms with E-state index in [1.165, 1.54) is 31.7 Å². The zero-order valence-corrected chi connectivity index (χ0v) is 23.5. The van der Waals surface area contributed by atoms with Crippen molar-refractivity contribution in [3.8, 4) is 5.75 Å². The van der Waals surface area contributed by atoms with Gasteiger partial charge in [-0.1, -0.05) is 43.9 Å². The maximum absolute atomic E-state index is 13.5. The quantitative estimate of drug-likeness (QED) is 0.325. The fourth-order valence-electron chi connectivity index (χ4n) is 5.88. The molecule has 0 radical (unpaired) electrons. The molecule has 1 aromatic rings. The highest BCUT2D eigenvalue weighted by molar-refractivity contribution is 6.33. The van der Waals surface area contributed by atoms with Gasteiger partial charge >= 0.3 is 0 Å². The number of aliphatic hydroxyl groups excluding tert-OH is 1. The van der Waals surface area contributed by atoms with Gasteiger partial charge in [0.05, 0.1) is 17.7 Å². The average molecular weight is 580 g/mol. The van der Waals surface area contributed by atoms with Gasteiger partial charge in [0, 0.05) is 35.1 Å². The monoisotopic (exact) mass is 579 g/mol. The fraction of sp³-hybridized carbons (Fsp3) is 0.517. The zero-order chi connectivity index (χ0) is 29.4. The Labute approximate surface area is 237 Å². The first-order chi connectivity index (χ1) is 19.0. The number of primary amides is 1. The number of Topliss-reactive ketones (excluding diaryl/α,β-unsaturated/α-hetero) is 1. The number of aromatic hydroxyl groups is 1. The first-order valence-corrected chi connectivity index (χ1v) is 13.9. The van der Waals surface area contributed by atoms with Crippen molar-refractivity contribution < 1.29 is 33.3 Å². The first-order valence-electron chi connectivity index (χ1n) is 13.5. The minimum absolute atomic E-state index is 0.0139. The summed E-state index contributed by atoms with van der Waals surface area (Å²) in [5.41, 5.74) is 5.89. The molecule has 2 fully saturated rings. The first kappa shape index (κ1) is 30.0. The van der Waals surface area contributed by atoms with Crippen molar-refractivity contribution in [2.45, 2.75) is 63.5 Å². The van der Waals surface area contributed by atoms with E-state index in [1.807, 2.05) is 14.1 Å². The summed E-state index contributed by atoms with van der Waals surface area (Å²) in [5.74, 6) is -1.79. The Hall–Kier alpha value is -2.95. The molecule has 218 valence electrons. The molecule has 4 aliphatic carbocycles. The lowest BCUT2D eigenvalue weighted by molar-refractivity contribution is -0.114. The number of phenols is 1. The average Bonchev–Trinajstić information content (AvgIpc) is 3.57. The predicted octanol–water partition coefficient (Wildman–Crippen LogP) is 4.45. The van der Waals surface area contributed by atoms with Gasteiger partial charge in [0.25, 0.3) is 12.3 Å². The van der Waals surface area contributed by atoms with Crippen molar-refractivity contribution in [1.29, 1.82) is 0 Å². The van der Waals surface area contributed by atoms with E-state index in [4.69, 9.17) is 22.1 Å². The van der Waals surface area contributed by atoms with Crippen LogP contribution in [0.4, 0.5) is 8.78 Å². The van der Waals surface area contributed by atoms with Crippen LogP contribution < -0.4 is 16.4 Å². The molecule has 5 aliphatic rings. The molecule has 11 heteroatoms. The van der Waals surface area contributed by atoms with Crippen LogP contribution in [0.2, 0.25) is 5.02 Å². The molecule has 1 aromatic carbocycles. The number of benzene rings is 1.